The van der Waals surface area contributed by atoms with Crippen LogP contribution < -0.4 is 29.3 Å². The topological polar surface area (TPSA) is 95.2 Å². The maximum Gasteiger partial charge on any atom is 1.00 e. The molecule has 0 aliphatic rings. The fourth-order valence-corrected chi connectivity index (χ4v) is 1.11. The number of nitriles is 4. The molecule has 0 saturated heterocycles. The molecule has 0 saturated carbocycles. The van der Waals surface area contributed by atoms with Gasteiger partial charge in [0.25, 0.3) is 0 Å². The van der Waals surface area contributed by atoms with Crippen LogP contribution in [0.3, 0.4) is 0 Å². The maximum absolute atomic E-state index is 8.63. The summed E-state index contributed by atoms with van der Waals surface area (Å²) < 4.78 is 0. The van der Waals surface area contributed by atoms with Crippen LogP contribution in [0.15, 0.2) is 24.3 Å². The molecule has 0 N–H and O–H groups in total. The van der Waals surface area contributed by atoms with Crippen molar-refractivity contribution >= 4 is 11.1 Å². The molecule has 0 aliphatic heterocycles. The van der Waals surface area contributed by atoms with Crippen molar-refractivity contribution in [2.75, 3.05) is 0 Å². The van der Waals surface area contributed by atoms with Crippen molar-refractivity contribution in [3.63, 3.8) is 0 Å². The van der Waals surface area contributed by atoms with Gasteiger partial charge >= 0.3 is 18.9 Å². The second kappa shape index (κ2) is 6.90. The van der Waals surface area contributed by atoms with E-state index >= 15 is 0 Å². The summed E-state index contributed by atoms with van der Waals surface area (Å²) in [5.74, 6) is 0. The minimum Gasteiger partial charge on any atom is -1.00 e. The van der Waals surface area contributed by atoms with E-state index in [-0.39, 0.29) is 31.4 Å². The van der Waals surface area contributed by atoms with Crippen LogP contribution in [0, 0.1) is 45.3 Å². The van der Waals surface area contributed by atoms with Gasteiger partial charge in [0.05, 0.1) is 0 Å². The standard InChI is InChI=1S/C12H4N4.Li.H/c13-5-11(6-14)9-1-2-10(4-3-9)12(7-15)8-16;;/h1-4H;;/q;+1;-1. The van der Waals surface area contributed by atoms with Gasteiger partial charge in [-0.3, -0.25) is 0 Å². The Bertz CT molecular complexity index is 592. The third kappa shape index (κ3) is 3.24. The first-order valence-electron chi connectivity index (χ1n) is 4.22. The van der Waals surface area contributed by atoms with E-state index in [0.717, 1.165) is 0 Å². The Morgan fingerprint density at radius 2 is 0.941 bits per heavy atom. The molecule has 1 aromatic rings. The second-order valence-corrected chi connectivity index (χ2v) is 2.77. The summed E-state index contributed by atoms with van der Waals surface area (Å²) in [5.41, 5.74) is 0.00373. The van der Waals surface area contributed by atoms with Gasteiger partial charge in [-0.05, 0) is 0 Å². The van der Waals surface area contributed by atoms with Gasteiger partial charge in [0, 0.05) is 10.4 Å². The van der Waals surface area contributed by atoms with Crippen LogP contribution in [-0.4, -0.2) is 0 Å². The average molecular weight is 212 g/mol. The van der Waals surface area contributed by atoms with Crippen molar-refractivity contribution in [1.29, 1.82) is 21.0 Å². The van der Waals surface area contributed by atoms with Gasteiger partial charge in [0.1, 0.15) is 35.4 Å². The first-order valence-corrected chi connectivity index (χ1v) is 4.22. The number of nitrogens with zero attached hydrogens (tertiary/aromatic N) is 4. The number of hydrogen-bond donors (Lipinski definition) is 0. The van der Waals surface area contributed by atoms with E-state index in [1.807, 2.05) is 0 Å². The molecule has 5 heteroatoms. The molecule has 0 aliphatic carbocycles. The molecule has 4 nitrogen and oxygen atoms in total. The minimum absolute atomic E-state index is 0. The van der Waals surface area contributed by atoms with Gasteiger partial charge in [0.15, 0.2) is 0 Å². The van der Waals surface area contributed by atoms with Gasteiger partial charge in [-0.1, -0.05) is 24.3 Å². The molecular weight excluding hydrogens is 207 g/mol. The molecule has 0 aromatic heterocycles. The predicted octanol–water partition coefficient (Wildman–Crippen LogP) is -2.80. The Balaban J connectivity index is 0. The molecule has 1 aromatic carbocycles. The van der Waals surface area contributed by atoms with E-state index in [9.17, 15) is 0 Å². The molecule has 0 heterocycles. The van der Waals surface area contributed by atoms with Crippen molar-refractivity contribution in [3.8, 4) is 24.3 Å². The number of benzene rings is 1. The van der Waals surface area contributed by atoms with E-state index < -0.39 is 0 Å². The smallest absolute Gasteiger partial charge is 1.00 e. The molecule has 0 unspecified atom stereocenters. The Morgan fingerprint density at radius 3 is 1.12 bits per heavy atom. The summed E-state index contributed by atoms with van der Waals surface area (Å²) >= 11 is 0. The van der Waals surface area contributed by atoms with E-state index in [1.54, 1.807) is 24.3 Å². The SMILES string of the molecule is N#CC(C#N)=c1ccc(=C(C#N)C#N)cc1.[H-].[Li+]. The molecule has 0 spiro atoms. The zero-order valence-electron chi connectivity index (χ0n) is 10.1. The zero-order chi connectivity index (χ0) is 12.0. The minimum atomic E-state index is 0. The average Bonchev–Trinajstić information content (AvgIpc) is 2.34. The van der Waals surface area contributed by atoms with E-state index in [1.165, 1.54) is 24.3 Å². The molecule has 0 amide bonds. The summed E-state index contributed by atoms with van der Waals surface area (Å²) in [5, 5.41) is 35.5. The summed E-state index contributed by atoms with van der Waals surface area (Å²) in [6, 6.07) is 13.2. The van der Waals surface area contributed by atoms with Crippen LogP contribution in [0.1, 0.15) is 1.43 Å². The molecule has 0 atom stereocenters. The summed E-state index contributed by atoms with van der Waals surface area (Å²) in [7, 11) is 0. The quantitative estimate of drug-likeness (QED) is 0.434. The molecule has 0 fully saturated rings. The van der Waals surface area contributed by atoms with Crippen molar-refractivity contribution in [3.05, 3.63) is 34.7 Å². The van der Waals surface area contributed by atoms with Crippen LogP contribution in [0.4, 0.5) is 0 Å². The predicted molar refractivity (Wildman–Crippen MR) is 56.1 cm³/mol. The summed E-state index contributed by atoms with van der Waals surface area (Å²) in [6.45, 7) is 0. The van der Waals surface area contributed by atoms with Gasteiger partial charge in [-0.15, -0.1) is 0 Å². The van der Waals surface area contributed by atoms with Gasteiger partial charge in [-0.25, -0.2) is 0 Å². The fraction of sp³-hybridized carbons (Fsp3) is 0. The summed E-state index contributed by atoms with van der Waals surface area (Å²) in [6.07, 6.45) is 0. The molecule has 0 bridgehead atoms. The summed E-state index contributed by atoms with van der Waals surface area (Å²) in [4.78, 5) is 0. The van der Waals surface area contributed by atoms with Gasteiger partial charge < -0.3 is 1.43 Å². The fourth-order valence-electron chi connectivity index (χ4n) is 1.11. The van der Waals surface area contributed by atoms with E-state index in [4.69, 9.17) is 21.0 Å². The monoisotopic (exact) mass is 212 g/mol. The number of rotatable bonds is 0. The first kappa shape index (κ1) is 14.5. The Kier molecular flexibility index (Phi) is 5.89. The molecule has 74 valence electrons. The Morgan fingerprint density at radius 1 is 0.706 bits per heavy atom. The van der Waals surface area contributed by atoms with Gasteiger partial charge in [0.2, 0.25) is 0 Å². The normalized spacial score (nSPS) is 7.29. The maximum atomic E-state index is 8.63. The molecular formula is C12H5LiN4. The third-order valence-corrected chi connectivity index (χ3v) is 1.91. The van der Waals surface area contributed by atoms with Crippen molar-refractivity contribution < 1.29 is 20.3 Å². The van der Waals surface area contributed by atoms with Crippen LogP contribution >= 0.6 is 0 Å². The largest absolute Gasteiger partial charge is 1.00 e. The van der Waals surface area contributed by atoms with Crippen LogP contribution in [-0.2, 0) is 0 Å². The Hall–Kier alpha value is -2.48. The van der Waals surface area contributed by atoms with E-state index in [0.29, 0.717) is 10.4 Å². The molecule has 17 heavy (non-hydrogen) atoms. The van der Waals surface area contributed by atoms with Gasteiger partial charge in [-0.2, -0.15) is 21.0 Å². The number of hydrogen-bond acceptors (Lipinski definition) is 4. The van der Waals surface area contributed by atoms with Crippen LogP contribution in [0.5, 0.6) is 0 Å². The van der Waals surface area contributed by atoms with Crippen molar-refractivity contribution in [2.45, 2.75) is 0 Å². The third-order valence-electron chi connectivity index (χ3n) is 1.91. The van der Waals surface area contributed by atoms with Crippen LogP contribution in [0.2, 0.25) is 0 Å². The van der Waals surface area contributed by atoms with E-state index in [2.05, 4.69) is 0 Å². The van der Waals surface area contributed by atoms with Crippen molar-refractivity contribution in [1.82, 2.24) is 0 Å². The first-order chi connectivity index (χ1) is 7.76. The zero-order valence-corrected chi connectivity index (χ0v) is 9.10. The van der Waals surface area contributed by atoms with Crippen LogP contribution in [0.25, 0.3) is 11.1 Å². The Labute approximate surface area is 112 Å². The second-order valence-electron chi connectivity index (χ2n) is 2.77. The molecule has 1 rings (SSSR count). The molecule has 0 radical (unpaired) electrons. The van der Waals surface area contributed by atoms with Crippen molar-refractivity contribution in [2.24, 2.45) is 0 Å².